The maximum Gasteiger partial charge on any atom is 0.139 e. The van der Waals surface area contributed by atoms with Crippen LogP contribution in [0.2, 0.25) is 0 Å². The smallest absolute Gasteiger partial charge is 0.139 e. The second kappa shape index (κ2) is 29.8. The van der Waals surface area contributed by atoms with E-state index < -0.39 is 0 Å². The Morgan fingerprint density at radius 2 is 1.24 bits per heavy atom. The Kier molecular flexibility index (Phi) is 53.0. The van der Waals surface area contributed by atoms with E-state index in [-0.39, 0.29) is 32.8 Å². The van der Waals surface area contributed by atoms with Crippen molar-refractivity contribution in [2.45, 2.75) is 61.8 Å². The van der Waals surface area contributed by atoms with Gasteiger partial charge in [-0.1, -0.05) is 63.6 Å². The van der Waals surface area contributed by atoms with Gasteiger partial charge in [0, 0.05) is 6.42 Å². The lowest BCUT2D eigenvalue weighted by Gasteiger charge is -1.87. The number of rotatable bonds is 4. The van der Waals surface area contributed by atoms with Gasteiger partial charge in [0.1, 0.15) is 11.6 Å². The van der Waals surface area contributed by atoms with Crippen molar-refractivity contribution in [1.82, 2.24) is 0 Å². The van der Waals surface area contributed by atoms with Gasteiger partial charge in [-0.2, -0.15) is 0 Å². The molecule has 2 nitrogen and oxygen atoms in total. The first-order valence-corrected chi connectivity index (χ1v) is 8.04. The van der Waals surface area contributed by atoms with Gasteiger partial charge >= 0.3 is 0 Å². The number of carbonyl (C=O) groups is 2. The van der Waals surface area contributed by atoms with Crippen molar-refractivity contribution in [2.24, 2.45) is 0 Å². The average Bonchev–Trinajstić information content (AvgIpc) is 2.18. The summed E-state index contributed by atoms with van der Waals surface area (Å²) in [6.07, 6.45) is 5.95. The van der Waals surface area contributed by atoms with Crippen LogP contribution in [0.4, 0.5) is 0 Å². The van der Waals surface area contributed by atoms with E-state index in [0.717, 1.165) is 0 Å². The third kappa shape index (κ3) is 63.8. The molecule has 0 aliphatic rings. The molecule has 0 aromatic heterocycles. The van der Waals surface area contributed by atoms with E-state index in [4.69, 9.17) is 0 Å². The molecule has 0 aliphatic carbocycles. The molecule has 4 heteroatoms. The van der Waals surface area contributed by atoms with Crippen molar-refractivity contribution in [3.8, 4) is 0 Å². The standard InChI is InChI=1S/C6H10O2.C3H8.C2H6S2.2CH4/c1-3-6(8)4-5(2)7;1-3-2;1-3-4-2;;/h3-4H2,1-2H3;3H2,1-2H3;1-2H3;2*1H4. The van der Waals surface area contributed by atoms with Gasteiger partial charge in [-0.3, -0.25) is 9.59 Å². The van der Waals surface area contributed by atoms with Crippen molar-refractivity contribution in [2.75, 3.05) is 12.5 Å². The zero-order valence-corrected chi connectivity index (χ0v) is 12.4. The highest BCUT2D eigenvalue weighted by Gasteiger charge is 1.99. The van der Waals surface area contributed by atoms with E-state index in [1.807, 2.05) is 0 Å². The van der Waals surface area contributed by atoms with Crippen molar-refractivity contribution in [3.63, 3.8) is 0 Å². The van der Waals surface area contributed by atoms with E-state index in [2.05, 4.69) is 26.4 Å². The fourth-order valence-corrected chi connectivity index (χ4v) is 0.403. The molecule has 0 amide bonds. The van der Waals surface area contributed by atoms with Gasteiger partial charge in [0.05, 0.1) is 6.42 Å². The van der Waals surface area contributed by atoms with Gasteiger partial charge < -0.3 is 0 Å². The molecule has 0 radical (unpaired) electrons. The van der Waals surface area contributed by atoms with Crippen molar-refractivity contribution in [1.29, 1.82) is 0 Å². The molecule has 0 aromatic rings. The topological polar surface area (TPSA) is 34.1 Å². The Labute approximate surface area is 117 Å². The highest BCUT2D eigenvalue weighted by Crippen LogP contribution is 2.09. The van der Waals surface area contributed by atoms with Crippen LogP contribution in [0.15, 0.2) is 0 Å². The normalized spacial score (nSPS) is 6.94. The third-order valence-corrected chi connectivity index (χ3v) is 2.34. The fraction of sp³-hybridized carbons (Fsp3) is 0.846. The average molecular weight is 285 g/mol. The monoisotopic (exact) mass is 284 g/mol. The molecule has 0 atom stereocenters. The van der Waals surface area contributed by atoms with Gasteiger partial charge in [-0.05, 0) is 19.4 Å². The van der Waals surface area contributed by atoms with E-state index in [0.29, 0.717) is 6.42 Å². The Morgan fingerprint density at radius 3 is 1.29 bits per heavy atom. The van der Waals surface area contributed by atoms with Crippen LogP contribution in [0.25, 0.3) is 0 Å². The molecule has 0 saturated carbocycles. The predicted molar refractivity (Wildman–Crippen MR) is 87.1 cm³/mol. The second-order valence-electron chi connectivity index (χ2n) is 2.81. The second-order valence-corrected chi connectivity index (χ2v) is 5.48. The van der Waals surface area contributed by atoms with E-state index in [1.165, 1.54) is 13.3 Å². The lowest BCUT2D eigenvalue weighted by molar-refractivity contribution is -0.125. The Morgan fingerprint density at radius 1 is 0.941 bits per heavy atom. The summed E-state index contributed by atoms with van der Waals surface area (Å²) < 4.78 is 0. The first-order valence-electron chi connectivity index (χ1n) is 5.07. The molecule has 0 aliphatic heterocycles. The molecule has 0 spiro atoms. The van der Waals surface area contributed by atoms with Crippen LogP contribution >= 0.6 is 21.6 Å². The minimum Gasteiger partial charge on any atom is -0.300 e. The maximum atomic E-state index is 10.4. The van der Waals surface area contributed by atoms with Gasteiger partial charge in [-0.25, -0.2) is 0 Å². The number of ketones is 2. The highest BCUT2D eigenvalue weighted by atomic mass is 33.1. The van der Waals surface area contributed by atoms with Crippen LogP contribution in [-0.2, 0) is 9.59 Å². The minimum absolute atomic E-state index is 0. The number of Topliss-reactive ketones (excluding diaryl/α,β-unsaturated/α-hetero) is 2. The van der Waals surface area contributed by atoms with Crippen molar-refractivity contribution >= 4 is 33.2 Å². The summed E-state index contributed by atoms with van der Waals surface area (Å²) >= 11 is 0. The first kappa shape index (κ1) is 30.2. The van der Waals surface area contributed by atoms with Crippen LogP contribution in [0, 0.1) is 0 Å². The lowest BCUT2D eigenvalue weighted by atomic mass is 10.2. The third-order valence-electron chi connectivity index (χ3n) is 1.01. The summed E-state index contributed by atoms with van der Waals surface area (Å²) in [4.78, 5) is 20.6. The molecule has 0 saturated heterocycles. The quantitative estimate of drug-likeness (QED) is 0.521. The predicted octanol–water partition coefficient (Wildman–Crippen LogP) is 5.26. The Bertz CT molecular complexity index is 146. The van der Waals surface area contributed by atoms with Gasteiger partial charge in [-0.15, -0.1) is 0 Å². The number of hydrogen-bond acceptors (Lipinski definition) is 4. The fourth-order valence-electron chi connectivity index (χ4n) is 0.403. The van der Waals surface area contributed by atoms with E-state index in [9.17, 15) is 9.59 Å². The van der Waals surface area contributed by atoms with Crippen LogP contribution < -0.4 is 0 Å². The molecule has 0 aromatic carbocycles. The molecule has 17 heavy (non-hydrogen) atoms. The summed E-state index contributed by atoms with van der Waals surface area (Å²) in [6.45, 7) is 7.43. The summed E-state index contributed by atoms with van der Waals surface area (Å²) in [7, 11) is 3.55. The SMILES string of the molecule is C.C.CCC.CCC(=O)CC(C)=O.CSSC. The lowest BCUT2D eigenvalue weighted by Crippen LogP contribution is -2.01. The first-order chi connectivity index (χ1) is 6.99. The molecular weight excluding hydrogens is 252 g/mol. The molecular formula is C13H32O2S2. The highest BCUT2D eigenvalue weighted by molar-refractivity contribution is 8.76. The van der Waals surface area contributed by atoms with E-state index in [1.54, 1.807) is 28.5 Å². The van der Waals surface area contributed by atoms with Gasteiger partial charge in [0.2, 0.25) is 0 Å². The molecule has 0 heterocycles. The molecule has 108 valence electrons. The molecule has 0 fully saturated rings. The maximum absolute atomic E-state index is 10.4. The number of carbonyl (C=O) groups excluding carboxylic acids is 2. The van der Waals surface area contributed by atoms with Crippen LogP contribution in [0.3, 0.4) is 0 Å². The zero-order chi connectivity index (χ0) is 12.7. The zero-order valence-electron chi connectivity index (χ0n) is 10.8. The molecule has 0 N–H and O–H groups in total. The summed E-state index contributed by atoms with van der Waals surface area (Å²) in [6, 6.07) is 0. The minimum atomic E-state index is -0.0446. The summed E-state index contributed by atoms with van der Waals surface area (Å²) in [5.74, 6) is -0.0191. The Balaban J connectivity index is -0.0000000461. The Hall–Kier alpha value is 0.0400. The van der Waals surface area contributed by atoms with Crippen molar-refractivity contribution < 1.29 is 9.59 Å². The summed E-state index contributed by atoms with van der Waals surface area (Å²) in [5, 5.41) is 0. The van der Waals surface area contributed by atoms with Gasteiger partial charge in [0.15, 0.2) is 0 Å². The van der Waals surface area contributed by atoms with Crippen LogP contribution in [0.5, 0.6) is 0 Å². The summed E-state index contributed by atoms with van der Waals surface area (Å²) in [5.41, 5.74) is 0. The largest absolute Gasteiger partial charge is 0.300 e. The van der Waals surface area contributed by atoms with E-state index >= 15 is 0 Å². The van der Waals surface area contributed by atoms with Crippen LogP contribution in [-0.4, -0.2) is 24.1 Å². The molecule has 0 bridgehead atoms. The van der Waals surface area contributed by atoms with Crippen LogP contribution in [0.1, 0.15) is 61.8 Å². The van der Waals surface area contributed by atoms with Gasteiger partial charge in [0.25, 0.3) is 0 Å². The molecule has 0 unspecified atom stereocenters. The number of hydrogen-bond donors (Lipinski definition) is 0. The van der Waals surface area contributed by atoms with Crippen molar-refractivity contribution in [3.05, 3.63) is 0 Å². The molecule has 0 rings (SSSR count).